The van der Waals surface area contributed by atoms with E-state index in [1.54, 1.807) is 18.6 Å². The first-order chi connectivity index (χ1) is 8.66. The molecule has 0 unspecified atom stereocenters. The Kier molecular flexibility index (Phi) is 3.57. The molecule has 0 saturated carbocycles. The molecule has 0 bridgehead atoms. The molecule has 94 valence electrons. The van der Waals surface area contributed by atoms with E-state index in [0.29, 0.717) is 24.2 Å². The summed E-state index contributed by atoms with van der Waals surface area (Å²) < 4.78 is 0. The van der Waals surface area contributed by atoms with Crippen LogP contribution in [0.25, 0.3) is 0 Å². The number of hydrogen-bond acceptors (Lipinski definition) is 4. The van der Waals surface area contributed by atoms with Crippen LogP contribution in [0.15, 0.2) is 24.8 Å². The van der Waals surface area contributed by atoms with Crippen molar-refractivity contribution >= 4 is 11.6 Å². The molecule has 0 aliphatic heterocycles. The molecule has 0 radical (unpaired) electrons. The van der Waals surface area contributed by atoms with Crippen LogP contribution in [-0.2, 0) is 6.42 Å². The number of rotatable bonds is 4. The molecule has 0 fully saturated rings. The summed E-state index contributed by atoms with van der Waals surface area (Å²) in [5.74, 6) is -0.209. The number of imidazole rings is 1. The van der Waals surface area contributed by atoms with Crippen LogP contribution in [0, 0.1) is 6.92 Å². The first-order valence-corrected chi connectivity index (χ1v) is 5.64. The van der Waals surface area contributed by atoms with Gasteiger partial charge in [0.2, 0.25) is 0 Å². The molecule has 0 spiro atoms. The average molecular weight is 245 g/mol. The van der Waals surface area contributed by atoms with E-state index in [1.165, 1.54) is 6.20 Å². The number of amides is 1. The molecule has 0 saturated heterocycles. The zero-order valence-corrected chi connectivity index (χ0v) is 10.1. The fourth-order valence-corrected chi connectivity index (χ4v) is 1.60. The van der Waals surface area contributed by atoms with Crippen molar-refractivity contribution in [2.24, 2.45) is 0 Å². The normalized spacial score (nSPS) is 10.3. The zero-order valence-electron chi connectivity index (χ0n) is 10.1. The Balaban J connectivity index is 1.91. The smallest absolute Gasteiger partial charge is 0.254 e. The second-order valence-electron chi connectivity index (χ2n) is 4.00. The molecule has 4 N–H and O–H groups in total. The van der Waals surface area contributed by atoms with Gasteiger partial charge >= 0.3 is 0 Å². The van der Waals surface area contributed by atoms with Crippen molar-refractivity contribution in [1.82, 2.24) is 20.3 Å². The maximum absolute atomic E-state index is 11.8. The van der Waals surface area contributed by atoms with Gasteiger partial charge in [-0.1, -0.05) is 0 Å². The van der Waals surface area contributed by atoms with E-state index in [1.807, 2.05) is 6.92 Å². The molecule has 2 heterocycles. The van der Waals surface area contributed by atoms with E-state index in [4.69, 9.17) is 5.73 Å². The summed E-state index contributed by atoms with van der Waals surface area (Å²) in [6, 6.07) is 1.68. The van der Waals surface area contributed by atoms with E-state index >= 15 is 0 Å². The second kappa shape index (κ2) is 5.31. The number of carbonyl (C=O) groups excluding carboxylic acids is 1. The second-order valence-corrected chi connectivity index (χ2v) is 4.00. The average Bonchev–Trinajstić information content (AvgIpc) is 2.81. The highest BCUT2D eigenvalue weighted by molar-refractivity contribution is 5.98. The summed E-state index contributed by atoms with van der Waals surface area (Å²) in [5.41, 5.74) is 8.40. The summed E-state index contributed by atoms with van der Waals surface area (Å²) in [6.07, 6.45) is 5.54. The van der Waals surface area contributed by atoms with Crippen molar-refractivity contribution < 1.29 is 4.79 Å². The minimum atomic E-state index is -0.209. The van der Waals surface area contributed by atoms with Crippen LogP contribution in [0.2, 0.25) is 0 Å². The zero-order chi connectivity index (χ0) is 13.0. The minimum absolute atomic E-state index is 0.209. The third-order valence-corrected chi connectivity index (χ3v) is 2.55. The van der Waals surface area contributed by atoms with Gasteiger partial charge in [0.05, 0.1) is 11.9 Å². The van der Waals surface area contributed by atoms with Gasteiger partial charge < -0.3 is 16.0 Å². The summed E-state index contributed by atoms with van der Waals surface area (Å²) in [4.78, 5) is 22.8. The number of pyridine rings is 1. The van der Waals surface area contributed by atoms with E-state index < -0.39 is 0 Å². The first-order valence-electron chi connectivity index (χ1n) is 5.64. The summed E-state index contributed by atoms with van der Waals surface area (Å²) >= 11 is 0. The fourth-order valence-electron chi connectivity index (χ4n) is 1.60. The van der Waals surface area contributed by atoms with Gasteiger partial charge in [-0.15, -0.1) is 0 Å². The minimum Gasteiger partial charge on any atom is -0.398 e. The molecule has 2 rings (SSSR count). The summed E-state index contributed by atoms with van der Waals surface area (Å²) in [5, 5.41) is 2.79. The van der Waals surface area contributed by atoms with Crippen molar-refractivity contribution in [2.45, 2.75) is 13.3 Å². The Morgan fingerprint density at radius 2 is 2.33 bits per heavy atom. The van der Waals surface area contributed by atoms with Gasteiger partial charge in [0.1, 0.15) is 0 Å². The number of carbonyl (C=O) groups is 1. The van der Waals surface area contributed by atoms with Crippen LogP contribution in [-0.4, -0.2) is 27.4 Å². The van der Waals surface area contributed by atoms with Crippen LogP contribution in [0.4, 0.5) is 5.69 Å². The highest BCUT2D eigenvalue weighted by Crippen LogP contribution is 2.10. The molecule has 2 aromatic rings. The van der Waals surface area contributed by atoms with Gasteiger partial charge in [0.25, 0.3) is 5.91 Å². The van der Waals surface area contributed by atoms with E-state index in [9.17, 15) is 4.79 Å². The largest absolute Gasteiger partial charge is 0.398 e. The summed E-state index contributed by atoms with van der Waals surface area (Å²) in [7, 11) is 0. The molecule has 1 amide bonds. The van der Waals surface area contributed by atoms with Crippen molar-refractivity contribution in [3.05, 3.63) is 41.7 Å². The van der Waals surface area contributed by atoms with Gasteiger partial charge in [0.15, 0.2) is 0 Å². The Morgan fingerprint density at radius 1 is 1.50 bits per heavy atom. The Morgan fingerprint density at radius 3 is 3.00 bits per heavy atom. The Hall–Kier alpha value is -2.37. The molecule has 6 heteroatoms. The standard InChI is InChI=1S/C12H15N5O/c1-8-4-11(13)10(6-16-8)12(18)15-3-2-9-5-14-7-17-9/h4-7H,2-3H2,1H3,(H2,13,16)(H,14,17)(H,15,18). The number of nitrogens with zero attached hydrogens (tertiary/aromatic N) is 2. The van der Waals surface area contributed by atoms with Crippen molar-refractivity contribution in [3.8, 4) is 0 Å². The van der Waals surface area contributed by atoms with Gasteiger partial charge in [-0.05, 0) is 13.0 Å². The Labute approximate surface area is 105 Å². The number of nitrogens with two attached hydrogens (primary N) is 1. The molecule has 0 atom stereocenters. The van der Waals surface area contributed by atoms with Crippen molar-refractivity contribution in [3.63, 3.8) is 0 Å². The van der Waals surface area contributed by atoms with Gasteiger partial charge in [0, 0.05) is 42.4 Å². The molecule has 0 aliphatic carbocycles. The molecular formula is C12H15N5O. The number of hydrogen-bond donors (Lipinski definition) is 3. The van der Waals surface area contributed by atoms with Crippen LogP contribution >= 0.6 is 0 Å². The quantitative estimate of drug-likeness (QED) is 0.737. The van der Waals surface area contributed by atoms with Gasteiger partial charge in [-0.2, -0.15) is 0 Å². The summed E-state index contributed by atoms with van der Waals surface area (Å²) in [6.45, 7) is 2.35. The van der Waals surface area contributed by atoms with Gasteiger partial charge in [-0.25, -0.2) is 4.98 Å². The lowest BCUT2D eigenvalue weighted by atomic mass is 10.2. The monoisotopic (exact) mass is 245 g/mol. The lowest BCUT2D eigenvalue weighted by Crippen LogP contribution is -2.26. The number of anilines is 1. The molecule has 18 heavy (non-hydrogen) atoms. The molecule has 6 nitrogen and oxygen atoms in total. The number of aromatic amines is 1. The SMILES string of the molecule is Cc1cc(N)c(C(=O)NCCc2cnc[nH]2)cn1. The predicted molar refractivity (Wildman–Crippen MR) is 68.0 cm³/mol. The maximum atomic E-state index is 11.8. The highest BCUT2D eigenvalue weighted by Gasteiger charge is 2.09. The molecule has 2 aromatic heterocycles. The lowest BCUT2D eigenvalue weighted by Gasteiger charge is -2.07. The van der Waals surface area contributed by atoms with Crippen LogP contribution in [0.1, 0.15) is 21.7 Å². The number of nitrogens with one attached hydrogen (secondary N) is 2. The number of aromatic nitrogens is 3. The number of nitrogen functional groups attached to an aromatic ring is 1. The van der Waals surface area contributed by atoms with E-state index in [0.717, 1.165) is 11.4 Å². The van der Waals surface area contributed by atoms with Crippen LogP contribution in [0.3, 0.4) is 0 Å². The van der Waals surface area contributed by atoms with Gasteiger partial charge in [-0.3, -0.25) is 9.78 Å². The molecular weight excluding hydrogens is 230 g/mol. The van der Waals surface area contributed by atoms with Crippen LogP contribution < -0.4 is 11.1 Å². The fraction of sp³-hybridized carbons (Fsp3) is 0.250. The van der Waals surface area contributed by atoms with Crippen molar-refractivity contribution in [1.29, 1.82) is 0 Å². The van der Waals surface area contributed by atoms with E-state index in [-0.39, 0.29) is 5.91 Å². The molecule has 0 aromatic carbocycles. The lowest BCUT2D eigenvalue weighted by molar-refractivity contribution is 0.0954. The topological polar surface area (TPSA) is 96.7 Å². The third kappa shape index (κ3) is 2.85. The highest BCUT2D eigenvalue weighted by atomic mass is 16.1. The number of H-pyrrole nitrogens is 1. The third-order valence-electron chi connectivity index (χ3n) is 2.55. The van der Waals surface area contributed by atoms with E-state index in [2.05, 4.69) is 20.3 Å². The molecule has 0 aliphatic rings. The van der Waals surface area contributed by atoms with Crippen molar-refractivity contribution in [2.75, 3.05) is 12.3 Å². The Bertz CT molecular complexity index is 535. The predicted octanol–water partition coefficient (Wildman–Crippen LogP) is 0.668. The van der Waals surface area contributed by atoms with Crippen LogP contribution in [0.5, 0.6) is 0 Å². The number of aryl methyl sites for hydroxylation is 1. The maximum Gasteiger partial charge on any atom is 0.254 e. The first kappa shape index (κ1) is 12.1.